The van der Waals surface area contributed by atoms with Gasteiger partial charge in [-0.3, -0.25) is 0 Å². The van der Waals surface area contributed by atoms with Gasteiger partial charge in [-0.05, 0) is 207 Å². The molecule has 6 aliphatic carbocycles. The molecule has 6 fully saturated rings. The van der Waals surface area contributed by atoms with Crippen LogP contribution in [0.5, 0.6) is 0 Å². The predicted molar refractivity (Wildman–Crippen MR) is 280 cm³/mol. The largest absolute Gasteiger partial charge is 0.414 e. The van der Waals surface area contributed by atoms with E-state index in [2.05, 4.69) is 147 Å². The second-order valence-corrected chi connectivity index (χ2v) is 35.7. The molecule has 64 heavy (non-hydrogen) atoms. The molecule has 6 saturated carbocycles. The average Bonchev–Trinajstić information content (AvgIpc) is 3.75. The summed E-state index contributed by atoms with van der Waals surface area (Å²) in [7, 11) is -3.59. The van der Waals surface area contributed by atoms with Crippen molar-refractivity contribution in [2.45, 2.75) is 221 Å². The maximum absolute atomic E-state index is 9.81. The molecule has 0 spiro atoms. The molecular weight excluding hydrogens is 817 g/mol. The predicted octanol–water partition coefficient (Wildman–Crippen LogP) is 16.1. The maximum Gasteiger partial charge on any atom is 0.192 e. The minimum absolute atomic E-state index is 0.169. The van der Waals surface area contributed by atoms with E-state index in [-0.39, 0.29) is 16.2 Å². The van der Waals surface area contributed by atoms with Gasteiger partial charge in [0.2, 0.25) is 0 Å². The van der Waals surface area contributed by atoms with Crippen LogP contribution in [0.1, 0.15) is 173 Å². The van der Waals surface area contributed by atoms with Gasteiger partial charge in [0.05, 0.1) is 6.10 Å². The summed E-state index contributed by atoms with van der Waals surface area (Å²) in [5, 5.41) is 20.1. The van der Waals surface area contributed by atoms with Crippen molar-refractivity contribution in [3.8, 4) is 0 Å². The van der Waals surface area contributed by atoms with Gasteiger partial charge >= 0.3 is 0 Å². The number of hydrogen-bond acceptors (Lipinski definition) is 4. The molecule has 0 radical (unpaired) electrons. The van der Waals surface area contributed by atoms with E-state index in [1.54, 1.807) is 11.1 Å². The van der Waals surface area contributed by atoms with Crippen molar-refractivity contribution in [2.75, 3.05) is 13.2 Å². The van der Waals surface area contributed by atoms with Gasteiger partial charge in [0.1, 0.15) is 0 Å². The van der Waals surface area contributed by atoms with Crippen molar-refractivity contribution in [1.82, 2.24) is 0 Å². The van der Waals surface area contributed by atoms with Crippen LogP contribution in [-0.4, -0.2) is 52.3 Å². The molecule has 6 aliphatic rings. The van der Waals surface area contributed by atoms with Crippen molar-refractivity contribution < 1.29 is 19.1 Å². The normalized spacial score (nSPS) is 37.7. The van der Waals surface area contributed by atoms with Gasteiger partial charge in [-0.1, -0.05) is 132 Å². The lowest BCUT2D eigenvalue weighted by Crippen LogP contribution is -2.45. The van der Waals surface area contributed by atoms with Crippen LogP contribution in [0.3, 0.4) is 0 Å². The van der Waals surface area contributed by atoms with E-state index in [0.717, 1.165) is 25.7 Å². The molecule has 4 nitrogen and oxygen atoms in total. The van der Waals surface area contributed by atoms with Crippen LogP contribution in [0, 0.1) is 58.2 Å². The molecule has 0 aromatic carbocycles. The summed E-state index contributed by atoms with van der Waals surface area (Å²) in [4.78, 5) is 0. The molecule has 0 amide bonds. The van der Waals surface area contributed by atoms with E-state index >= 15 is 0 Å². The van der Waals surface area contributed by atoms with Crippen LogP contribution < -0.4 is 0 Å². The zero-order chi connectivity index (χ0) is 47.8. The lowest BCUT2D eigenvalue weighted by molar-refractivity contribution is 0.0690. The van der Waals surface area contributed by atoms with Crippen LogP contribution >= 0.6 is 0 Å². The highest BCUT2D eigenvalue weighted by molar-refractivity contribution is 6.74. The molecule has 0 aromatic rings. The number of aliphatic hydroxyl groups is 2. The fourth-order valence-electron chi connectivity index (χ4n) is 13.4. The van der Waals surface area contributed by atoms with Gasteiger partial charge in [0.15, 0.2) is 16.6 Å². The highest BCUT2D eigenvalue weighted by Crippen LogP contribution is 2.61. The number of allylic oxidation sites excluding steroid dienone is 7. The Labute approximate surface area is 397 Å². The summed E-state index contributed by atoms with van der Waals surface area (Å²) in [6.07, 6.45) is 27.3. The van der Waals surface area contributed by atoms with E-state index < -0.39 is 16.6 Å². The maximum atomic E-state index is 9.81. The molecule has 0 aromatic heterocycles. The molecular formula is C58H100O4Si2. The van der Waals surface area contributed by atoms with Gasteiger partial charge in [0.25, 0.3) is 0 Å². The molecule has 12 atom stereocenters. The van der Waals surface area contributed by atoms with Crippen molar-refractivity contribution >= 4 is 16.6 Å². The van der Waals surface area contributed by atoms with Gasteiger partial charge in [0, 0.05) is 19.3 Å². The van der Waals surface area contributed by atoms with Gasteiger partial charge in [-0.25, -0.2) is 0 Å². The topological polar surface area (TPSA) is 58.9 Å². The van der Waals surface area contributed by atoms with Gasteiger partial charge in [-0.15, -0.1) is 0 Å². The molecule has 364 valence electrons. The first-order chi connectivity index (χ1) is 29.6. The van der Waals surface area contributed by atoms with E-state index in [1.165, 1.54) is 86.5 Å². The molecule has 2 unspecified atom stereocenters. The summed E-state index contributed by atoms with van der Waals surface area (Å²) in [5.74, 6) is 4.62. The van der Waals surface area contributed by atoms with E-state index in [1.807, 2.05) is 0 Å². The summed E-state index contributed by atoms with van der Waals surface area (Å²) in [5.41, 5.74) is 9.36. The third-order valence-electron chi connectivity index (χ3n) is 19.6. The number of aliphatic hydroxyl groups excluding tert-OH is 2. The fraction of sp³-hybridized carbons (Fsp3) is 0.793. The van der Waals surface area contributed by atoms with E-state index in [9.17, 15) is 10.2 Å². The monoisotopic (exact) mass is 917 g/mol. The zero-order valence-corrected chi connectivity index (χ0v) is 46.5. The summed E-state index contributed by atoms with van der Waals surface area (Å²) in [6.45, 7) is 47.3. The third-order valence-corrected chi connectivity index (χ3v) is 28.6. The summed E-state index contributed by atoms with van der Waals surface area (Å²) in [6, 6.07) is 0. The van der Waals surface area contributed by atoms with Crippen molar-refractivity contribution in [2.24, 2.45) is 58.2 Å². The molecule has 6 heteroatoms. The molecule has 0 bridgehead atoms. The number of fused-ring (bicyclic) bond motifs is 2. The van der Waals surface area contributed by atoms with Gasteiger partial charge in [-0.2, -0.15) is 0 Å². The Balaban J connectivity index is 0.000000241. The number of rotatable bonds is 10. The minimum Gasteiger partial charge on any atom is -0.414 e. The molecule has 6 rings (SSSR count). The Bertz CT molecular complexity index is 1700. The molecule has 0 aliphatic heterocycles. The van der Waals surface area contributed by atoms with Crippen LogP contribution in [0.25, 0.3) is 0 Å². The standard InChI is InChI=1S/2C29H50O2Si/c1-20-17-25(31-32(8,9)28(4,5)6)18-24(22(20)3)13-12-23-11-10-16-29(7)26(21(2)19-30)14-15-27(23)29;1-20-17-24(22(3)27(18-20)31-32(8,9)28(4,5)6)13-12-23-11-10-16-29(7)25(21(2)19-30)14-15-26(23)29/h2*12-13,20-21,25-27,30H,3,10-11,14-19H2,1-2,4-9H3/b23-12+,24-13+;23-12+,24-13-/t20-,21+,25-,26?,27-,29+;20-,21-,25?,26+,27+,29-/m01/s1. The second kappa shape index (κ2) is 20.7. The van der Waals surface area contributed by atoms with Crippen molar-refractivity contribution in [1.29, 1.82) is 0 Å². The highest BCUT2D eigenvalue weighted by Gasteiger charge is 2.52. The SMILES string of the molecule is C=C1/C(=C/C=C2\CCC[C@]3(C)C([C@H](C)CO)CC[C@@H]23)C[C@@H](O[Si](C)(C)C(C)(C)C)C[C@@H]1C.C=C1/C(=C\C=C2/CCC[C@]3(C)C([C@H](C)CO)CC[C@@H]23)C[C@@H](C)C[C@@H]1O[Si](C)(C)C(C)(C)C. The highest BCUT2D eigenvalue weighted by atomic mass is 28.4. The van der Waals surface area contributed by atoms with Crippen LogP contribution in [0.4, 0.5) is 0 Å². The smallest absolute Gasteiger partial charge is 0.192 e. The lowest BCUT2D eigenvalue weighted by atomic mass is 9.61. The molecule has 0 heterocycles. The van der Waals surface area contributed by atoms with E-state index in [4.69, 9.17) is 8.85 Å². The second-order valence-electron chi connectivity index (χ2n) is 26.2. The Morgan fingerprint density at radius 2 is 1.09 bits per heavy atom. The van der Waals surface area contributed by atoms with Crippen LogP contribution in [-0.2, 0) is 8.85 Å². The van der Waals surface area contributed by atoms with Crippen molar-refractivity contribution in [3.05, 3.63) is 70.9 Å². The zero-order valence-electron chi connectivity index (χ0n) is 44.5. The Morgan fingerprint density at radius 3 is 1.53 bits per heavy atom. The third kappa shape index (κ3) is 11.6. The first-order valence-electron chi connectivity index (χ1n) is 26.3. The van der Waals surface area contributed by atoms with Crippen molar-refractivity contribution in [3.63, 3.8) is 0 Å². The fourth-order valence-corrected chi connectivity index (χ4v) is 16.1. The van der Waals surface area contributed by atoms with Gasteiger partial charge < -0.3 is 19.1 Å². The Kier molecular flexibility index (Phi) is 17.4. The molecule has 2 N–H and O–H groups in total. The first kappa shape index (κ1) is 53.7. The molecule has 0 saturated heterocycles. The van der Waals surface area contributed by atoms with Crippen LogP contribution in [0.2, 0.25) is 36.3 Å². The average molecular weight is 918 g/mol. The van der Waals surface area contributed by atoms with E-state index in [0.29, 0.717) is 77.5 Å². The Morgan fingerprint density at radius 1 is 0.656 bits per heavy atom. The summed E-state index contributed by atoms with van der Waals surface area (Å²) < 4.78 is 13.7. The first-order valence-corrected chi connectivity index (χ1v) is 32.2. The summed E-state index contributed by atoms with van der Waals surface area (Å²) >= 11 is 0. The number of hydrogen-bond donors (Lipinski definition) is 2. The van der Waals surface area contributed by atoms with Crippen LogP contribution in [0.15, 0.2) is 70.9 Å². The Hall–Kier alpha value is -1.29. The minimum atomic E-state index is -1.82. The quantitative estimate of drug-likeness (QED) is 0.214. The lowest BCUT2D eigenvalue weighted by Gasteiger charge is -2.44.